The van der Waals surface area contributed by atoms with Gasteiger partial charge in [0.25, 0.3) is 5.91 Å². The van der Waals surface area contributed by atoms with E-state index >= 15 is 0 Å². The number of amides is 2. The maximum Gasteiger partial charge on any atom is 0.276 e. The van der Waals surface area contributed by atoms with Gasteiger partial charge in [0.15, 0.2) is 11.5 Å². The molecule has 1 aromatic heterocycles. The van der Waals surface area contributed by atoms with Crippen LogP contribution >= 0.6 is 0 Å². The van der Waals surface area contributed by atoms with Crippen molar-refractivity contribution >= 4 is 11.8 Å². The Morgan fingerprint density at radius 3 is 2.67 bits per heavy atom. The van der Waals surface area contributed by atoms with Crippen LogP contribution in [0.1, 0.15) is 42.6 Å². The normalized spacial score (nSPS) is 17.9. The summed E-state index contributed by atoms with van der Waals surface area (Å²) in [6.07, 6.45) is 4.21. The number of carbonyl (C=O) groups is 2. The van der Waals surface area contributed by atoms with Crippen LogP contribution in [0.25, 0.3) is 11.3 Å². The minimum absolute atomic E-state index is 0.0271. The fourth-order valence-electron chi connectivity index (χ4n) is 4.34. The van der Waals surface area contributed by atoms with Crippen LogP contribution in [-0.2, 0) is 9.53 Å². The molecule has 3 heterocycles. The van der Waals surface area contributed by atoms with E-state index in [0.29, 0.717) is 42.5 Å². The number of hydrogen-bond acceptors (Lipinski definition) is 7. The van der Waals surface area contributed by atoms with E-state index in [2.05, 4.69) is 5.16 Å². The number of benzene rings is 1. The molecule has 2 fully saturated rings. The van der Waals surface area contributed by atoms with Crippen molar-refractivity contribution in [3.05, 3.63) is 30.0 Å². The Labute approximate surface area is 193 Å². The standard InChI is InChI=1S/C24H31N3O6/c1-30-17-7-8-21(31-2)19(14-17)22-15-20(25-33-22)24(29)27(16-18-6-5-13-32-18)12-9-23(28)26-10-3-4-11-26/h7-8,14-15,18H,3-6,9-13,16H2,1-2H3/t18-/m0/s1. The van der Waals surface area contributed by atoms with Crippen LogP contribution < -0.4 is 9.47 Å². The summed E-state index contributed by atoms with van der Waals surface area (Å²) in [5.41, 5.74) is 0.819. The monoisotopic (exact) mass is 457 g/mol. The van der Waals surface area contributed by atoms with Gasteiger partial charge >= 0.3 is 0 Å². The Morgan fingerprint density at radius 2 is 1.97 bits per heavy atom. The molecule has 2 aliphatic heterocycles. The summed E-state index contributed by atoms with van der Waals surface area (Å²) in [4.78, 5) is 29.5. The summed E-state index contributed by atoms with van der Waals surface area (Å²) in [6.45, 7) is 3.04. The fraction of sp³-hybridized carbons (Fsp3) is 0.542. The van der Waals surface area contributed by atoms with Crippen LogP contribution in [0.4, 0.5) is 0 Å². The van der Waals surface area contributed by atoms with E-state index in [0.717, 1.165) is 38.8 Å². The highest BCUT2D eigenvalue weighted by Crippen LogP contribution is 2.34. The average Bonchev–Trinajstić information content (AvgIpc) is 3.63. The van der Waals surface area contributed by atoms with Gasteiger partial charge in [0, 0.05) is 45.3 Å². The number of rotatable bonds is 9. The van der Waals surface area contributed by atoms with Gasteiger partial charge in [-0.2, -0.15) is 0 Å². The van der Waals surface area contributed by atoms with Gasteiger partial charge in [0.2, 0.25) is 5.91 Å². The lowest BCUT2D eigenvalue weighted by atomic mass is 10.1. The van der Waals surface area contributed by atoms with Crippen molar-refractivity contribution in [3.63, 3.8) is 0 Å². The van der Waals surface area contributed by atoms with Crippen LogP contribution in [0.15, 0.2) is 28.8 Å². The fourth-order valence-corrected chi connectivity index (χ4v) is 4.34. The predicted octanol–water partition coefficient (Wildman–Crippen LogP) is 2.99. The molecule has 2 saturated heterocycles. The van der Waals surface area contributed by atoms with Gasteiger partial charge in [0.05, 0.1) is 25.9 Å². The van der Waals surface area contributed by atoms with Gasteiger partial charge in [-0.3, -0.25) is 9.59 Å². The SMILES string of the molecule is COc1ccc(OC)c(-c2cc(C(=O)N(CCC(=O)N3CCCC3)C[C@@H]3CCCO3)no2)c1. The lowest BCUT2D eigenvalue weighted by Crippen LogP contribution is -2.40. The van der Waals surface area contributed by atoms with Crippen molar-refractivity contribution in [2.24, 2.45) is 0 Å². The molecule has 9 nitrogen and oxygen atoms in total. The third-order valence-corrected chi connectivity index (χ3v) is 6.19. The minimum atomic E-state index is -0.281. The maximum atomic E-state index is 13.4. The molecule has 0 radical (unpaired) electrons. The highest BCUT2D eigenvalue weighted by Gasteiger charge is 2.28. The van der Waals surface area contributed by atoms with Crippen molar-refractivity contribution in [2.45, 2.75) is 38.2 Å². The van der Waals surface area contributed by atoms with Crippen LogP contribution in [0.3, 0.4) is 0 Å². The Bertz CT molecular complexity index is 963. The third kappa shape index (κ3) is 5.47. The highest BCUT2D eigenvalue weighted by atomic mass is 16.5. The number of nitrogens with zero attached hydrogens (tertiary/aromatic N) is 3. The maximum absolute atomic E-state index is 13.4. The van der Waals surface area contributed by atoms with Crippen molar-refractivity contribution in [2.75, 3.05) is 47.0 Å². The lowest BCUT2D eigenvalue weighted by molar-refractivity contribution is -0.130. The van der Waals surface area contributed by atoms with E-state index in [4.69, 9.17) is 18.7 Å². The van der Waals surface area contributed by atoms with E-state index in [9.17, 15) is 9.59 Å². The van der Waals surface area contributed by atoms with E-state index in [1.807, 2.05) is 4.90 Å². The third-order valence-electron chi connectivity index (χ3n) is 6.19. The smallest absolute Gasteiger partial charge is 0.276 e. The number of ether oxygens (including phenoxy) is 3. The van der Waals surface area contributed by atoms with Gasteiger partial charge in [-0.25, -0.2) is 0 Å². The van der Waals surface area contributed by atoms with Crippen LogP contribution in [0, 0.1) is 0 Å². The van der Waals surface area contributed by atoms with Gasteiger partial charge in [0.1, 0.15) is 11.5 Å². The van der Waals surface area contributed by atoms with Crippen molar-refractivity contribution in [3.8, 4) is 22.8 Å². The van der Waals surface area contributed by atoms with E-state index in [-0.39, 0.29) is 30.0 Å². The molecule has 0 aliphatic carbocycles. The molecule has 2 aromatic rings. The molecule has 0 N–H and O–H groups in total. The predicted molar refractivity (Wildman–Crippen MR) is 120 cm³/mol. The summed E-state index contributed by atoms with van der Waals surface area (Å²) >= 11 is 0. The van der Waals surface area contributed by atoms with Crippen molar-refractivity contribution in [1.29, 1.82) is 0 Å². The van der Waals surface area contributed by atoms with Gasteiger partial charge < -0.3 is 28.5 Å². The van der Waals surface area contributed by atoms with Gasteiger partial charge in [-0.05, 0) is 43.9 Å². The molecular weight excluding hydrogens is 426 g/mol. The number of aromatic nitrogens is 1. The minimum Gasteiger partial charge on any atom is -0.497 e. The second-order valence-electron chi connectivity index (χ2n) is 8.37. The number of hydrogen-bond donors (Lipinski definition) is 0. The Kier molecular flexibility index (Phi) is 7.49. The molecule has 4 rings (SSSR count). The summed E-state index contributed by atoms with van der Waals surface area (Å²) in [5.74, 6) is 1.42. The first kappa shape index (κ1) is 23.1. The number of likely N-dealkylation sites (tertiary alicyclic amines) is 1. The Balaban J connectivity index is 1.51. The zero-order valence-corrected chi connectivity index (χ0v) is 19.2. The first-order chi connectivity index (χ1) is 16.1. The molecule has 0 saturated carbocycles. The van der Waals surface area contributed by atoms with E-state index < -0.39 is 0 Å². The Morgan fingerprint density at radius 1 is 1.15 bits per heavy atom. The molecule has 9 heteroatoms. The summed E-state index contributed by atoms with van der Waals surface area (Å²) in [7, 11) is 3.14. The summed E-state index contributed by atoms with van der Waals surface area (Å²) < 4.78 is 22.0. The number of carbonyl (C=O) groups excluding carboxylic acids is 2. The number of methoxy groups -OCH3 is 2. The van der Waals surface area contributed by atoms with E-state index in [1.54, 1.807) is 43.4 Å². The lowest BCUT2D eigenvalue weighted by Gasteiger charge is -2.25. The van der Waals surface area contributed by atoms with E-state index in [1.165, 1.54) is 0 Å². The molecule has 0 bridgehead atoms. The molecule has 178 valence electrons. The van der Waals surface area contributed by atoms with Crippen LogP contribution in [0.2, 0.25) is 0 Å². The first-order valence-electron chi connectivity index (χ1n) is 11.5. The van der Waals surface area contributed by atoms with Gasteiger partial charge in [-0.1, -0.05) is 5.16 Å². The highest BCUT2D eigenvalue weighted by molar-refractivity contribution is 5.93. The first-order valence-corrected chi connectivity index (χ1v) is 11.5. The second-order valence-corrected chi connectivity index (χ2v) is 8.37. The van der Waals surface area contributed by atoms with Crippen molar-refractivity contribution in [1.82, 2.24) is 15.0 Å². The average molecular weight is 458 g/mol. The topological polar surface area (TPSA) is 94.3 Å². The molecule has 2 amide bonds. The summed E-state index contributed by atoms with van der Waals surface area (Å²) in [5, 5.41) is 4.02. The zero-order chi connectivity index (χ0) is 23.2. The quantitative estimate of drug-likeness (QED) is 0.571. The molecule has 1 atom stereocenters. The van der Waals surface area contributed by atoms with Crippen molar-refractivity contribution < 1.29 is 28.3 Å². The van der Waals surface area contributed by atoms with Crippen LogP contribution in [-0.4, -0.2) is 79.9 Å². The summed E-state index contributed by atoms with van der Waals surface area (Å²) in [6, 6.07) is 6.92. The molecule has 33 heavy (non-hydrogen) atoms. The van der Waals surface area contributed by atoms with Gasteiger partial charge in [-0.15, -0.1) is 0 Å². The molecule has 0 unspecified atom stereocenters. The second kappa shape index (κ2) is 10.7. The molecule has 0 spiro atoms. The van der Waals surface area contributed by atoms with Crippen LogP contribution in [0.5, 0.6) is 11.5 Å². The largest absolute Gasteiger partial charge is 0.497 e. The molecule has 1 aromatic carbocycles. The zero-order valence-electron chi connectivity index (χ0n) is 19.2. The Hall–Kier alpha value is -3.07. The molecule has 2 aliphatic rings. The molecular formula is C24H31N3O6.